The smallest absolute Gasteiger partial charge is 0.0625 e. The third-order valence-corrected chi connectivity index (χ3v) is 5.86. The van der Waals surface area contributed by atoms with Crippen molar-refractivity contribution in [2.24, 2.45) is 0 Å². The predicted molar refractivity (Wildman–Crippen MR) is 91.9 cm³/mol. The zero-order valence-corrected chi connectivity index (χ0v) is 12.4. The predicted octanol–water partition coefficient (Wildman–Crippen LogP) is 3.63. The first-order valence-electron chi connectivity index (χ1n) is 7.23. The quantitative estimate of drug-likeness (QED) is 0.300. The molecular formula is C20H12Si. The van der Waals surface area contributed by atoms with Gasteiger partial charge in [0.05, 0.1) is 0 Å². The highest BCUT2D eigenvalue weighted by atomic mass is 28.2. The average Bonchev–Trinajstić information content (AvgIpc) is 2.95. The van der Waals surface area contributed by atoms with Gasteiger partial charge in [0, 0.05) is 0 Å². The molecule has 4 aromatic rings. The third kappa shape index (κ3) is 1.44. The highest BCUT2D eigenvalue weighted by Gasteiger charge is 2.23. The van der Waals surface area contributed by atoms with Crippen LogP contribution in [0.15, 0.2) is 72.8 Å². The first-order valence-corrected chi connectivity index (χ1v) is 8.23. The summed E-state index contributed by atoms with van der Waals surface area (Å²) in [6.07, 6.45) is 0. The molecule has 1 aliphatic heterocycles. The molecule has 0 nitrogen and oxygen atoms in total. The number of hydrogen-bond acceptors (Lipinski definition) is 0. The molecule has 0 saturated carbocycles. The summed E-state index contributed by atoms with van der Waals surface area (Å²) in [4.78, 5) is 0. The fourth-order valence-electron chi connectivity index (χ4n) is 3.50. The number of fused-ring (bicyclic) bond motifs is 8. The van der Waals surface area contributed by atoms with Gasteiger partial charge < -0.3 is 0 Å². The standard InChI is InChI=1S/C20H12Si/c1-3-9-15-13(7-1)14-8-2-4-10-16(14)20-19(15)17-11-5-6-12-18(17)21-20/h1-12H. The van der Waals surface area contributed by atoms with E-state index >= 15 is 0 Å². The van der Waals surface area contributed by atoms with Crippen LogP contribution in [0, 0.1) is 0 Å². The topological polar surface area (TPSA) is 0 Å². The second kappa shape index (κ2) is 4.06. The van der Waals surface area contributed by atoms with Gasteiger partial charge in [-0.3, -0.25) is 0 Å². The van der Waals surface area contributed by atoms with E-state index in [0.717, 1.165) is 9.52 Å². The molecule has 5 rings (SSSR count). The first-order chi connectivity index (χ1) is 10.4. The maximum atomic E-state index is 2.28. The van der Waals surface area contributed by atoms with Crippen LogP contribution in [-0.4, -0.2) is 9.52 Å². The van der Waals surface area contributed by atoms with Gasteiger partial charge >= 0.3 is 0 Å². The summed E-state index contributed by atoms with van der Waals surface area (Å²) in [6.45, 7) is 0. The van der Waals surface area contributed by atoms with E-state index in [2.05, 4.69) is 72.8 Å². The van der Waals surface area contributed by atoms with E-state index in [0.29, 0.717) is 0 Å². The Labute approximate surface area is 125 Å². The van der Waals surface area contributed by atoms with Crippen molar-refractivity contribution >= 4 is 41.4 Å². The van der Waals surface area contributed by atoms with Crippen molar-refractivity contribution in [1.82, 2.24) is 0 Å². The van der Waals surface area contributed by atoms with E-state index in [1.54, 1.807) is 0 Å². The Kier molecular flexibility index (Phi) is 2.18. The zero-order valence-electron chi connectivity index (χ0n) is 11.4. The molecule has 2 radical (unpaired) electrons. The van der Waals surface area contributed by atoms with E-state index in [-0.39, 0.29) is 0 Å². The van der Waals surface area contributed by atoms with Gasteiger partial charge in [0.15, 0.2) is 0 Å². The number of benzene rings is 4. The summed E-state index contributed by atoms with van der Waals surface area (Å²) in [5.74, 6) is 0. The molecule has 96 valence electrons. The Morgan fingerprint density at radius 3 is 1.90 bits per heavy atom. The highest BCUT2D eigenvalue weighted by Crippen LogP contribution is 2.34. The SMILES string of the molecule is c1ccc2c(c1)[Si]c1c-2c2ccccc2c2ccccc12. The minimum absolute atomic E-state index is 0.768. The molecule has 0 aromatic heterocycles. The highest BCUT2D eigenvalue weighted by molar-refractivity contribution is 6.76. The van der Waals surface area contributed by atoms with E-state index in [9.17, 15) is 0 Å². The van der Waals surface area contributed by atoms with Gasteiger partial charge in [0.2, 0.25) is 0 Å². The number of hydrogen-bond donors (Lipinski definition) is 0. The Morgan fingerprint density at radius 1 is 0.524 bits per heavy atom. The molecule has 4 aromatic carbocycles. The molecule has 0 saturated heterocycles. The minimum atomic E-state index is 0.768. The van der Waals surface area contributed by atoms with Crippen LogP contribution in [0.25, 0.3) is 32.7 Å². The third-order valence-electron chi connectivity index (χ3n) is 4.39. The Morgan fingerprint density at radius 2 is 1.10 bits per heavy atom. The van der Waals surface area contributed by atoms with Crippen LogP contribution >= 0.6 is 0 Å². The lowest BCUT2D eigenvalue weighted by atomic mass is 9.93. The van der Waals surface area contributed by atoms with Crippen molar-refractivity contribution in [2.45, 2.75) is 0 Å². The summed E-state index contributed by atoms with van der Waals surface area (Å²) in [5.41, 5.74) is 2.88. The van der Waals surface area contributed by atoms with Crippen LogP contribution in [0.3, 0.4) is 0 Å². The maximum absolute atomic E-state index is 2.28. The molecule has 1 heterocycles. The van der Waals surface area contributed by atoms with Crippen LogP contribution < -0.4 is 10.4 Å². The second-order valence-electron chi connectivity index (χ2n) is 5.51. The number of rotatable bonds is 0. The largest absolute Gasteiger partial charge is 0.124 e. The fraction of sp³-hybridized carbons (Fsp3) is 0. The maximum Gasteiger partial charge on any atom is 0.124 e. The van der Waals surface area contributed by atoms with Crippen molar-refractivity contribution in [3.8, 4) is 11.1 Å². The molecule has 0 bridgehead atoms. The van der Waals surface area contributed by atoms with Crippen LogP contribution in [0.4, 0.5) is 0 Å². The van der Waals surface area contributed by atoms with E-state index in [1.807, 2.05) is 0 Å². The van der Waals surface area contributed by atoms with Crippen molar-refractivity contribution in [2.75, 3.05) is 0 Å². The van der Waals surface area contributed by atoms with Crippen molar-refractivity contribution in [3.63, 3.8) is 0 Å². The lowest BCUT2D eigenvalue weighted by molar-refractivity contribution is 1.74. The van der Waals surface area contributed by atoms with Gasteiger partial charge in [0.25, 0.3) is 0 Å². The normalized spacial score (nSPS) is 12.6. The zero-order chi connectivity index (χ0) is 13.8. The average molecular weight is 280 g/mol. The summed E-state index contributed by atoms with van der Waals surface area (Å²) in [5, 5.41) is 8.56. The molecular weight excluding hydrogens is 268 g/mol. The molecule has 0 atom stereocenters. The second-order valence-corrected chi connectivity index (χ2v) is 6.80. The fourth-order valence-corrected chi connectivity index (χ4v) is 5.03. The lowest BCUT2D eigenvalue weighted by Gasteiger charge is -2.12. The molecule has 0 N–H and O–H groups in total. The van der Waals surface area contributed by atoms with Gasteiger partial charge in [-0.05, 0) is 37.9 Å². The molecule has 1 aliphatic rings. The van der Waals surface area contributed by atoms with E-state index < -0.39 is 0 Å². The summed E-state index contributed by atoms with van der Waals surface area (Å²) >= 11 is 0. The van der Waals surface area contributed by atoms with E-state index in [1.165, 1.54) is 43.0 Å². The first kappa shape index (κ1) is 11.3. The molecule has 1 heteroatoms. The molecule has 0 spiro atoms. The van der Waals surface area contributed by atoms with Gasteiger partial charge in [-0.2, -0.15) is 0 Å². The van der Waals surface area contributed by atoms with Crippen LogP contribution in [0.2, 0.25) is 0 Å². The van der Waals surface area contributed by atoms with Crippen molar-refractivity contribution in [3.05, 3.63) is 72.8 Å². The van der Waals surface area contributed by atoms with E-state index in [4.69, 9.17) is 0 Å². The molecule has 0 unspecified atom stereocenters. The monoisotopic (exact) mass is 280 g/mol. The van der Waals surface area contributed by atoms with Gasteiger partial charge in [0.1, 0.15) is 9.52 Å². The molecule has 0 amide bonds. The summed E-state index contributed by atoms with van der Waals surface area (Å²) in [7, 11) is 0.768. The van der Waals surface area contributed by atoms with Crippen LogP contribution in [-0.2, 0) is 0 Å². The lowest BCUT2D eigenvalue weighted by Crippen LogP contribution is -2.21. The van der Waals surface area contributed by atoms with Gasteiger partial charge in [-0.25, -0.2) is 0 Å². The molecule has 0 aliphatic carbocycles. The van der Waals surface area contributed by atoms with Gasteiger partial charge in [-0.1, -0.05) is 78.0 Å². The molecule has 21 heavy (non-hydrogen) atoms. The summed E-state index contributed by atoms with van der Waals surface area (Å²) in [6, 6.07) is 26.5. The van der Waals surface area contributed by atoms with Crippen molar-refractivity contribution < 1.29 is 0 Å². The van der Waals surface area contributed by atoms with Gasteiger partial charge in [-0.15, -0.1) is 0 Å². The molecule has 0 fully saturated rings. The van der Waals surface area contributed by atoms with Crippen molar-refractivity contribution in [1.29, 1.82) is 0 Å². The Hall–Kier alpha value is -2.38. The minimum Gasteiger partial charge on any atom is -0.0625 e. The summed E-state index contributed by atoms with van der Waals surface area (Å²) < 4.78 is 0. The van der Waals surface area contributed by atoms with Crippen LogP contribution in [0.5, 0.6) is 0 Å². The Balaban J connectivity index is 2.08. The van der Waals surface area contributed by atoms with Crippen LogP contribution in [0.1, 0.15) is 0 Å². The Bertz CT molecular complexity index is 1010.